The zero-order chi connectivity index (χ0) is 27.4. The molecule has 4 rings (SSSR count). The van der Waals surface area contributed by atoms with Gasteiger partial charge in [-0.1, -0.05) is 72.7 Å². The maximum absolute atomic E-state index is 8.82. The van der Waals surface area contributed by atoms with Gasteiger partial charge in [-0.3, -0.25) is 0 Å². The third kappa shape index (κ3) is 2.80. The molecule has 0 aliphatic rings. The van der Waals surface area contributed by atoms with Crippen LogP contribution in [0.15, 0.2) is 121 Å². The molecule has 0 heterocycles. The Morgan fingerprint density at radius 2 is 0.600 bits per heavy atom. The third-order valence-electron chi connectivity index (χ3n) is 3.68. The zero-order valence-electron chi connectivity index (χ0n) is 25.1. The van der Waals surface area contributed by atoms with Crippen LogP contribution in [0.5, 0.6) is 0 Å². The molecule has 25 heavy (non-hydrogen) atoms. The van der Waals surface area contributed by atoms with Crippen molar-refractivity contribution in [1.82, 2.24) is 0 Å². The minimum atomic E-state index is -4.12. The number of rotatable bonds is 4. The van der Waals surface area contributed by atoms with Crippen molar-refractivity contribution in [2.24, 2.45) is 0 Å². The SMILES string of the molecule is [2H]c1cc([2H])c([P+](c2c([2H])cc([2H])cc2[2H])(c2c([2H])cc([2H])cc2[2H])c2c([2H])cc([2H])cc2[2H])c([2H])c1. The van der Waals surface area contributed by atoms with Gasteiger partial charge in [-0.15, -0.1) is 0 Å². The van der Waals surface area contributed by atoms with Gasteiger partial charge >= 0.3 is 0 Å². The van der Waals surface area contributed by atoms with Gasteiger partial charge in [0.25, 0.3) is 0 Å². The first-order valence-corrected chi connectivity index (χ1v) is 9.30. The predicted octanol–water partition coefficient (Wildman–Crippen LogP) is 4.31. The van der Waals surface area contributed by atoms with Crippen LogP contribution in [0.25, 0.3) is 0 Å². The number of hydrogen-bond donors (Lipinski definition) is 0. The van der Waals surface area contributed by atoms with Crippen LogP contribution in [-0.2, 0) is 0 Å². The maximum Gasteiger partial charge on any atom is 0.144 e. The van der Waals surface area contributed by atoms with E-state index in [1.54, 1.807) is 0 Å². The molecule has 0 N–H and O–H groups in total. The molecule has 0 saturated heterocycles. The second-order valence-corrected chi connectivity index (χ2v) is 8.17. The zero-order valence-corrected chi connectivity index (χ0v) is 14.0. The molecule has 0 fully saturated rings. The van der Waals surface area contributed by atoms with Crippen LogP contribution in [0, 0.1) is 0 Å². The van der Waals surface area contributed by atoms with Crippen molar-refractivity contribution in [3.63, 3.8) is 0 Å². The summed E-state index contributed by atoms with van der Waals surface area (Å²) in [5, 5.41) is -0.601. The van der Waals surface area contributed by atoms with Gasteiger partial charge in [-0.05, 0) is 48.3 Å². The Balaban J connectivity index is 2.46. The molecule has 0 saturated carbocycles. The smallest absolute Gasteiger partial charge is 0.0620 e. The fraction of sp³-hybridized carbons (Fsp3) is 0. The minimum absolute atomic E-state index is 0.150. The summed E-state index contributed by atoms with van der Waals surface area (Å²) in [5.74, 6) is 0. The summed E-state index contributed by atoms with van der Waals surface area (Å²) in [4.78, 5) is 0. The van der Waals surface area contributed by atoms with Gasteiger partial charge in [0, 0.05) is 0 Å². The van der Waals surface area contributed by atoms with Crippen LogP contribution in [0.3, 0.4) is 0 Å². The largest absolute Gasteiger partial charge is 0.144 e. The summed E-state index contributed by atoms with van der Waals surface area (Å²) in [7, 11) is -4.12. The monoisotopic (exact) mass is 351 g/mol. The third-order valence-corrected chi connectivity index (χ3v) is 7.40. The van der Waals surface area contributed by atoms with Gasteiger partial charge in [0.15, 0.2) is 0 Å². The van der Waals surface area contributed by atoms with Gasteiger partial charge in [-0.2, -0.15) is 0 Å². The van der Waals surface area contributed by atoms with Crippen LogP contribution in [-0.4, -0.2) is 0 Å². The predicted molar refractivity (Wildman–Crippen MR) is 111 cm³/mol. The molecule has 0 nitrogen and oxygen atoms in total. The Morgan fingerprint density at radius 3 is 0.800 bits per heavy atom. The van der Waals surface area contributed by atoms with E-state index in [9.17, 15) is 0 Å². The van der Waals surface area contributed by atoms with Crippen LogP contribution in [0.4, 0.5) is 0 Å². The van der Waals surface area contributed by atoms with Gasteiger partial charge in [0.2, 0.25) is 0 Å². The first-order chi connectivity index (χ1) is 17.3. The highest BCUT2D eigenvalue weighted by molar-refractivity contribution is 8.01. The van der Waals surface area contributed by atoms with E-state index in [0.29, 0.717) is 0 Å². The lowest BCUT2D eigenvalue weighted by Gasteiger charge is -2.27. The fourth-order valence-electron chi connectivity index (χ4n) is 2.66. The summed E-state index contributed by atoms with van der Waals surface area (Å²) in [6, 6.07) is 5.65. The molecule has 0 amide bonds. The van der Waals surface area contributed by atoms with E-state index in [0.717, 1.165) is 48.5 Å². The highest BCUT2D eigenvalue weighted by Crippen LogP contribution is 2.53. The molecule has 4 aromatic carbocycles. The highest BCUT2D eigenvalue weighted by Gasteiger charge is 2.47. The molecule has 0 aliphatic heterocycles. The molecule has 4 aromatic rings. The molecule has 1 heteroatoms. The number of hydrogen-bond acceptors (Lipinski definition) is 0. The number of benzene rings is 4. The summed E-state index contributed by atoms with van der Waals surface area (Å²) in [6.07, 6.45) is 0. The van der Waals surface area contributed by atoms with Crippen molar-refractivity contribution in [2.45, 2.75) is 0 Å². The van der Waals surface area contributed by atoms with Gasteiger partial charge < -0.3 is 0 Å². The highest BCUT2D eigenvalue weighted by atomic mass is 31.2. The van der Waals surface area contributed by atoms with Gasteiger partial charge in [-0.25, -0.2) is 0 Å². The Bertz CT molecular complexity index is 1240. The average molecular weight is 351 g/mol. The lowest BCUT2D eigenvalue weighted by Crippen LogP contribution is -2.38. The van der Waals surface area contributed by atoms with E-state index in [-0.39, 0.29) is 93.7 Å². The second kappa shape index (κ2) is 7.05. The van der Waals surface area contributed by atoms with Crippen LogP contribution in [0.2, 0.25) is 0 Å². The van der Waals surface area contributed by atoms with Crippen molar-refractivity contribution < 1.29 is 16.4 Å². The van der Waals surface area contributed by atoms with Gasteiger partial charge in [0.05, 0.1) is 16.4 Å². The average Bonchev–Trinajstić information content (AvgIpc) is 2.70. The van der Waals surface area contributed by atoms with Crippen molar-refractivity contribution in [3.8, 4) is 0 Å². The van der Waals surface area contributed by atoms with Crippen molar-refractivity contribution in [2.75, 3.05) is 0 Å². The fourth-order valence-corrected chi connectivity index (χ4v) is 6.07. The molecule has 120 valence electrons. The Labute approximate surface area is 167 Å². The van der Waals surface area contributed by atoms with E-state index in [1.165, 1.54) is 0 Å². The van der Waals surface area contributed by atoms with E-state index >= 15 is 0 Å². The Hall–Kier alpha value is -2.69. The van der Waals surface area contributed by atoms with E-state index in [2.05, 4.69) is 0 Å². The summed E-state index contributed by atoms with van der Waals surface area (Å²) in [6.45, 7) is 0. The van der Waals surface area contributed by atoms with Gasteiger partial charge in [0.1, 0.15) is 28.5 Å². The van der Waals surface area contributed by atoms with Crippen LogP contribution >= 0.6 is 7.26 Å². The van der Waals surface area contributed by atoms with Crippen LogP contribution in [0.1, 0.15) is 16.4 Å². The summed E-state index contributed by atoms with van der Waals surface area (Å²) < 4.78 is 103. The molecular formula is C24H20P+. The minimum Gasteiger partial charge on any atom is -0.0620 e. The molecule has 0 bridgehead atoms. The van der Waals surface area contributed by atoms with Crippen molar-refractivity contribution >= 4 is 28.5 Å². The maximum atomic E-state index is 8.82. The molecule has 0 aromatic heterocycles. The summed E-state index contributed by atoms with van der Waals surface area (Å²) in [5.41, 5.74) is 0. The standard InChI is InChI=1S/C24H20P/c1-5-13-21(14-6-1)25(22-15-7-2-8-16-22,23-17-9-3-10-18-23)24-19-11-4-12-20-24/h1-20H/q+1/i1D,2D,3D,4D,13D,14D,15D,16D,17D,18D,19D,20D. The lowest BCUT2D eigenvalue weighted by molar-refractivity contribution is 1.71. The Kier molecular flexibility index (Phi) is 2.05. The second-order valence-electron chi connectivity index (χ2n) is 5.04. The van der Waals surface area contributed by atoms with Crippen LogP contribution < -0.4 is 21.2 Å². The summed E-state index contributed by atoms with van der Waals surface area (Å²) >= 11 is 0. The van der Waals surface area contributed by atoms with E-state index in [4.69, 9.17) is 16.4 Å². The van der Waals surface area contributed by atoms with E-state index < -0.39 is 7.26 Å². The normalized spacial score (nSPS) is 17.9. The molecule has 0 unspecified atom stereocenters. The molecule has 0 radical (unpaired) electrons. The quantitative estimate of drug-likeness (QED) is 0.481. The first kappa shape index (κ1) is 7.28. The van der Waals surface area contributed by atoms with E-state index in [1.807, 2.05) is 0 Å². The molecule has 0 aliphatic carbocycles. The molecular weight excluding hydrogens is 319 g/mol. The van der Waals surface area contributed by atoms with Crippen molar-refractivity contribution in [3.05, 3.63) is 121 Å². The Morgan fingerprint density at radius 1 is 0.400 bits per heavy atom. The van der Waals surface area contributed by atoms with Crippen molar-refractivity contribution in [1.29, 1.82) is 0 Å². The molecule has 0 atom stereocenters. The first-order valence-electron chi connectivity index (χ1n) is 13.5. The molecule has 0 spiro atoms. The lowest BCUT2D eigenvalue weighted by atomic mass is 10.3. The topological polar surface area (TPSA) is 0 Å².